The van der Waals surface area contributed by atoms with Crippen molar-refractivity contribution >= 4 is 33.8 Å². The number of hydrogen-bond acceptors (Lipinski definition) is 5. The van der Waals surface area contributed by atoms with Crippen molar-refractivity contribution in [2.24, 2.45) is 0 Å². The molecule has 0 aliphatic carbocycles. The third-order valence-electron chi connectivity index (χ3n) is 3.08. The number of para-hydroxylation sites is 2. The summed E-state index contributed by atoms with van der Waals surface area (Å²) in [7, 11) is 0. The molecule has 6 heteroatoms. The number of aromatic nitrogens is 1. The van der Waals surface area contributed by atoms with Gasteiger partial charge in [-0.05, 0) is 24.3 Å². The first-order valence-electron chi connectivity index (χ1n) is 7.06. The summed E-state index contributed by atoms with van der Waals surface area (Å²) in [5.74, 6) is -0.307. The van der Waals surface area contributed by atoms with Crippen molar-refractivity contribution in [2.45, 2.75) is 6.42 Å². The molecule has 2 aromatic carbocycles. The van der Waals surface area contributed by atoms with E-state index in [0.29, 0.717) is 10.0 Å². The van der Waals surface area contributed by atoms with E-state index >= 15 is 0 Å². The number of nitrogens with one attached hydrogen (secondary N) is 2. The fraction of sp³-hybridized carbons (Fsp3) is 0.0588. The van der Waals surface area contributed by atoms with Gasteiger partial charge in [-0.25, -0.2) is 0 Å². The zero-order chi connectivity index (χ0) is 16.1. The number of benzene rings is 2. The van der Waals surface area contributed by atoms with Crippen molar-refractivity contribution in [3.05, 3.63) is 65.5 Å². The monoisotopic (exact) mass is 325 g/mol. The summed E-state index contributed by atoms with van der Waals surface area (Å²) in [6, 6.07) is 18.7. The summed E-state index contributed by atoms with van der Waals surface area (Å²) in [4.78, 5) is 16.6. The molecule has 0 saturated heterocycles. The molecule has 23 heavy (non-hydrogen) atoms. The van der Waals surface area contributed by atoms with Crippen LogP contribution in [0.4, 0.5) is 16.5 Å². The van der Waals surface area contributed by atoms with Crippen LogP contribution in [0, 0.1) is 0 Å². The van der Waals surface area contributed by atoms with Gasteiger partial charge in [0.25, 0.3) is 0 Å². The quantitative estimate of drug-likeness (QED) is 0.667. The van der Waals surface area contributed by atoms with Crippen LogP contribution in [0.3, 0.4) is 0 Å². The Morgan fingerprint density at radius 3 is 2.26 bits per heavy atom. The highest BCUT2D eigenvalue weighted by Crippen LogP contribution is 2.30. The van der Waals surface area contributed by atoms with Crippen LogP contribution < -0.4 is 10.6 Å². The van der Waals surface area contributed by atoms with Gasteiger partial charge in [0.05, 0.1) is 11.3 Å². The van der Waals surface area contributed by atoms with Gasteiger partial charge in [0.2, 0.25) is 11.8 Å². The van der Waals surface area contributed by atoms with Gasteiger partial charge in [0.15, 0.2) is 5.13 Å². The van der Waals surface area contributed by atoms with Crippen LogP contribution in [0.1, 0.15) is 4.88 Å². The summed E-state index contributed by atoms with van der Waals surface area (Å²) in [6.07, 6.45) is 0.0782. The van der Waals surface area contributed by atoms with Crippen LogP contribution in [-0.2, 0) is 11.2 Å². The number of rotatable bonds is 5. The summed E-state index contributed by atoms with van der Waals surface area (Å²) in [6.45, 7) is 0. The highest BCUT2D eigenvalue weighted by molar-refractivity contribution is 7.16. The Hall–Kier alpha value is -2.86. The molecule has 0 unspecified atom stereocenters. The number of aromatic hydroxyl groups is 1. The number of carbonyl (C=O) groups is 1. The van der Waals surface area contributed by atoms with Gasteiger partial charge in [-0.3, -0.25) is 4.79 Å². The average Bonchev–Trinajstić information content (AvgIpc) is 2.88. The third kappa shape index (κ3) is 4.08. The Labute approximate surface area is 137 Å². The number of thiazole rings is 1. The molecule has 0 radical (unpaired) electrons. The van der Waals surface area contributed by atoms with Crippen molar-refractivity contribution in [1.29, 1.82) is 0 Å². The van der Waals surface area contributed by atoms with Gasteiger partial charge in [0.1, 0.15) is 0 Å². The standard InChI is InChI=1S/C17H15N3O2S/c21-15(18-12-7-3-1-4-8-12)11-14-16(22)20-17(23-14)19-13-9-5-2-6-10-13/h1-10,22H,11H2,(H,18,21)(H,19,20). The second-order valence-corrected chi connectivity index (χ2v) is 5.93. The molecule has 0 spiro atoms. The van der Waals surface area contributed by atoms with Crippen molar-refractivity contribution in [1.82, 2.24) is 4.98 Å². The van der Waals surface area contributed by atoms with E-state index < -0.39 is 0 Å². The van der Waals surface area contributed by atoms with Crippen molar-refractivity contribution in [3.8, 4) is 5.88 Å². The van der Waals surface area contributed by atoms with Gasteiger partial charge < -0.3 is 15.7 Å². The molecule has 1 amide bonds. The molecule has 0 atom stereocenters. The fourth-order valence-corrected chi connectivity index (χ4v) is 2.90. The minimum absolute atomic E-state index is 0.0782. The van der Waals surface area contributed by atoms with E-state index in [2.05, 4.69) is 15.6 Å². The summed E-state index contributed by atoms with van der Waals surface area (Å²) in [5.41, 5.74) is 1.60. The zero-order valence-electron chi connectivity index (χ0n) is 12.2. The van der Waals surface area contributed by atoms with E-state index in [9.17, 15) is 9.90 Å². The van der Waals surface area contributed by atoms with Crippen LogP contribution in [0.5, 0.6) is 5.88 Å². The number of hydrogen-bond donors (Lipinski definition) is 3. The number of anilines is 3. The van der Waals surface area contributed by atoms with Gasteiger partial charge in [-0.2, -0.15) is 4.98 Å². The molecule has 116 valence electrons. The normalized spacial score (nSPS) is 10.3. The van der Waals surface area contributed by atoms with Crippen LogP contribution in [-0.4, -0.2) is 16.0 Å². The maximum absolute atomic E-state index is 12.0. The first-order chi connectivity index (χ1) is 11.2. The number of amides is 1. The lowest BCUT2D eigenvalue weighted by molar-refractivity contribution is -0.115. The van der Waals surface area contributed by atoms with Gasteiger partial charge in [0, 0.05) is 11.4 Å². The van der Waals surface area contributed by atoms with Gasteiger partial charge in [-0.1, -0.05) is 47.7 Å². The number of nitrogens with zero attached hydrogens (tertiary/aromatic N) is 1. The van der Waals surface area contributed by atoms with Crippen LogP contribution in [0.15, 0.2) is 60.7 Å². The Morgan fingerprint density at radius 2 is 1.61 bits per heavy atom. The lowest BCUT2D eigenvalue weighted by Gasteiger charge is -2.03. The smallest absolute Gasteiger partial charge is 0.229 e. The SMILES string of the molecule is O=C(Cc1sc(Nc2ccccc2)nc1O)Nc1ccccc1. The Balaban J connectivity index is 1.65. The lowest BCUT2D eigenvalue weighted by atomic mass is 10.3. The lowest BCUT2D eigenvalue weighted by Crippen LogP contribution is -2.13. The Morgan fingerprint density at radius 1 is 1.00 bits per heavy atom. The highest BCUT2D eigenvalue weighted by atomic mass is 32.1. The maximum Gasteiger partial charge on any atom is 0.229 e. The largest absolute Gasteiger partial charge is 0.492 e. The van der Waals surface area contributed by atoms with Crippen LogP contribution in [0.25, 0.3) is 0 Å². The van der Waals surface area contributed by atoms with Crippen molar-refractivity contribution < 1.29 is 9.90 Å². The Bertz CT molecular complexity index is 788. The van der Waals surface area contributed by atoms with E-state index in [0.717, 1.165) is 11.4 Å². The minimum atomic E-state index is -0.193. The molecule has 1 heterocycles. The second kappa shape index (κ2) is 6.93. The molecule has 3 N–H and O–H groups in total. The molecule has 5 nitrogen and oxygen atoms in total. The second-order valence-electron chi connectivity index (χ2n) is 4.85. The van der Waals surface area contributed by atoms with E-state index in [-0.39, 0.29) is 18.2 Å². The molecule has 1 aromatic heterocycles. The fourth-order valence-electron chi connectivity index (χ4n) is 2.03. The summed E-state index contributed by atoms with van der Waals surface area (Å²) in [5, 5.41) is 16.3. The minimum Gasteiger partial charge on any atom is -0.492 e. The van der Waals surface area contributed by atoms with E-state index in [1.807, 2.05) is 60.7 Å². The molecule has 0 bridgehead atoms. The molecule has 0 fully saturated rings. The first-order valence-corrected chi connectivity index (χ1v) is 7.88. The van der Waals surface area contributed by atoms with Gasteiger partial charge in [-0.15, -0.1) is 0 Å². The number of carbonyl (C=O) groups excluding carboxylic acids is 1. The highest BCUT2D eigenvalue weighted by Gasteiger charge is 2.14. The predicted molar refractivity (Wildman–Crippen MR) is 92.3 cm³/mol. The summed E-state index contributed by atoms with van der Waals surface area (Å²) < 4.78 is 0. The zero-order valence-corrected chi connectivity index (χ0v) is 13.0. The molecule has 3 aromatic rings. The first kappa shape index (κ1) is 15.1. The molecule has 0 saturated carbocycles. The van der Waals surface area contributed by atoms with E-state index in [4.69, 9.17) is 0 Å². The molecule has 3 rings (SSSR count). The maximum atomic E-state index is 12.0. The van der Waals surface area contributed by atoms with Crippen LogP contribution in [0.2, 0.25) is 0 Å². The van der Waals surface area contributed by atoms with Gasteiger partial charge >= 0.3 is 0 Å². The predicted octanol–water partition coefficient (Wildman–Crippen LogP) is 3.77. The molecule has 0 aliphatic rings. The van der Waals surface area contributed by atoms with Crippen molar-refractivity contribution in [3.63, 3.8) is 0 Å². The summed E-state index contributed by atoms with van der Waals surface area (Å²) >= 11 is 1.26. The molecular weight excluding hydrogens is 310 g/mol. The van der Waals surface area contributed by atoms with E-state index in [1.54, 1.807) is 0 Å². The van der Waals surface area contributed by atoms with Crippen molar-refractivity contribution in [2.75, 3.05) is 10.6 Å². The molecule has 0 aliphatic heterocycles. The third-order valence-corrected chi connectivity index (χ3v) is 4.04. The topological polar surface area (TPSA) is 74.2 Å². The van der Waals surface area contributed by atoms with E-state index in [1.165, 1.54) is 11.3 Å². The van der Waals surface area contributed by atoms with Crippen LogP contribution >= 0.6 is 11.3 Å². The average molecular weight is 325 g/mol. The Kier molecular flexibility index (Phi) is 4.54. The molecular formula is C17H15N3O2S.